The molecule has 2 aromatic heterocycles. The van der Waals surface area contributed by atoms with Crippen LogP contribution in [0, 0.1) is 34.6 Å². The average Bonchev–Trinajstić information content (AvgIpc) is 3.03. The number of hydrogen-bond acceptors (Lipinski definition) is 3. The molecule has 2 heterocycles. The molecule has 0 aliphatic heterocycles. The van der Waals surface area contributed by atoms with E-state index in [2.05, 4.69) is 75.2 Å². The summed E-state index contributed by atoms with van der Waals surface area (Å²) in [4.78, 5) is 1.01. The van der Waals surface area contributed by atoms with Crippen molar-refractivity contribution >= 4 is 12.6 Å². The molecule has 0 N–H and O–H groups in total. The average molecular weight is 383 g/mol. The minimum absolute atomic E-state index is 0.00651. The van der Waals surface area contributed by atoms with Crippen molar-refractivity contribution < 1.29 is 0 Å². The van der Waals surface area contributed by atoms with Crippen LogP contribution in [0.3, 0.4) is 0 Å². The van der Waals surface area contributed by atoms with Crippen LogP contribution >= 0.6 is 12.6 Å². The first-order chi connectivity index (χ1) is 12.5. The van der Waals surface area contributed by atoms with Crippen LogP contribution in [0.15, 0.2) is 29.2 Å². The van der Waals surface area contributed by atoms with Crippen LogP contribution in [0.1, 0.15) is 66.4 Å². The number of thiol groups is 1. The molecule has 1 aromatic carbocycles. The Morgan fingerprint density at radius 1 is 0.815 bits per heavy atom. The third-order valence-electron chi connectivity index (χ3n) is 4.92. The van der Waals surface area contributed by atoms with Crippen molar-refractivity contribution in [3.63, 3.8) is 0 Å². The molecule has 0 aliphatic rings. The maximum absolute atomic E-state index is 4.99. The van der Waals surface area contributed by atoms with E-state index < -0.39 is 0 Å². The number of rotatable bonds is 3. The van der Waals surface area contributed by atoms with Gasteiger partial charge in [-0.2, -0.15) is 10.2 Å². The maximum atomic E-state index is 4.99. The lowest BCUT2D eigenvalue weighted by Gasteiger charge is -2.28. The van der Waals surface area contributed by atoms with Gasteiger partial charge in [-0.25, -0.2) is 9.36 Å². The molecule has 27 heavy (non-hydrogen) atoms. The SMILES string of the molecule is Cc1cc(C(n2nc(C)cc2C)n2nc(C)cc2C)c(S)c(C(C)(C)C)c1. The topological polar surface area (TPSA) is 35.6 Å². The van der Waals surface area contributed by atoms with E-state index in [1.165, 1.54) is 11.1 Å². The summed E-state index contributed by atoms with van der Waals surface area (Å²) >= 11 is 4.99. The highest BCUT2D eigenvalue weighted by Gasteiger charge is 2.27. The Morgan fingerprint density at radius 2 is 1.30 bits per heavy atom. The van der Waals surface area contributed by atoms with E-state index in [9.17, 15) is 0 Å². The van der Waals surface area contributed by atoms with Gasteiger partial charge in [0.05, 0.1) is 11.4 Å². The molecule has 144 valence electrons. The second-order valence-corrected chi connectivity index (χ2v) is 9.06. The molecule has 0 bridgehead atoms. The number of hydrogen-bond donors (Lipinski definition) is 1. The summed E-state index contributed by atoms with van der Waals surface area (Å²) in [7, 11) is 0. The fourth-order valence-corrected chi connectivity index (χ4v) is 4.31. The molecular weight excluding hydrogens is 352 g/mol. The monoisotopic (exact) mass is 382 g/mol. The smallest absolute Gasteiger partial charge is 0.170 e. The molecule has 3 rings (SSSR count). The molecule has 0 aliphatic carbocycles. The summed E-state index contributed by atoms with van der Waals surface area (Å²) in [5.41, 5.74) is 7.82. The highest BCUT2D eigenvalue weighted by Crippen LogP contribution is 2.36. The molecule has 0 spiro atoms. The maximum Gasteiger partial charge on any atom is 0.170 e. The van der Waals surface area contributed by atoms with E-state index in [0.717, 1.165) is 33.2 Å². The molecular formula is C22H30N4S. The predicted octanol–water partition coefficient (Wildman–Crippen LogP) is 5.30. The van der Waals surface area contributed by atoms with Gasteiger partial charge in [-0.1, -0.05) is 38.5 Å². The third kappa shape index (κ3) is 3.70. The Balaban J connectivity index is 2.34. The number of aromatic nitrogens is 4. The quantitative estimate of drug-likeness (QED) is 0.624. The molecule has 0 saturated heterocycles. The lowest BCUT2D eigenvalue weighted by atomic mass is 9.84. The van der Waals surface area contributed by atoms with E-state index >= 15 is 0 Å². The molecule has 4 nitrogen and oxygen atoms in total. The van der Waals surface area contributed by atoms with E-state index in [-0.39, 0.29) is 11.6 Å². The van der Waals surface area contributed by atoms with Crippen molar-refractivity contribution in [3.05, 3.63) is 63.7 Å². The van der Waals surface area contributed by atoms with E-state index in [1.807, 2.05) is 13.8 Å². The highest BCUT2D eigenvalue weighted by molar-refractivity contribution is 7.80. The molecule has 0 radical (unpaired) electrons. The van der Waals surface area contributed by atoms with E-state index in [4.69, 9.17) is 22.8 Å². The zero-order valence-electron chi connectivity index (χ0n) is 17.6. The molecule has 0 unspecified atom stereocenters. The summed E-state index contributed by atoms with van der Waals surface area (Å²) in [6, 6.07) is 8.68. The van der Waals surface area contributed by atoms with Crippen LogP contribution < -0.4 is 0 Å². The summed E-state index contributed by atoms with van der Waals surface area (Å²) in [6.45, 7) is 17.1. The third-order valence-corrected chi connectivity index (χ3v) is 5.42. The van der Waals surface area contributed by atoms with Gasteiger partial charge in [0.1, 0.15) is 0 Å². The fraction of sp³-hybridized carbons (Fsp3) is 0.455. The van der Waals surface area contributed by atoms with Crippen LogP contribution in [-0.4, -0.2) is 19.6 Å². The Hall–Kier alpha value is -2.01. The largest absolute Gasteiger partial charge is 0.240 e. The number of benzene rings is 1. The predicted molar refractivity (Wildman–Crippen MR) is 114 cm³/mol. The molecule has 0 fully saturated rings. The van der Waals surface area contributed by atoms with Crippen molar-refractivity contribution in [1.29, 1.82) is 0 Å². The normalized spacial score (nSPS) is 12.2. The van der Waals surface area contributed by atoms with Gasteiger partial charge in [0, 0.05) is 21.8 Å². The van der Waals surface area contributed by atoms with Crippen molar-refractivity contribution in [1.82, 2.24) is 19.6 Å². The standard InChI is InChI=1S/C22H30N4S/c1-13-9-18(20(27)19(10-13)22(6,7)8)21(25-16(4)11-14(2)23-25)26-17(5)12-15(3)24-26/h9-12,21,27H,1-8H3. The highest BCUT2D eigenvalue weighted by atomic mass is 32.1. The molecule has 0 saturated carbocycles. The summed E-state index contributed by atoms with van der Waals surface area (Å²) in [5, 5.41) is 9.60. The van der Waals surface area contributed by atoms with Crippen molar-refractivity contribution in [2.75, 3.05) is 0 Å². The van der Waals surface area contributed by atoms with Crippen molar-refractivity contribution in [2.45, 2.75) is 71.9 Å². The van der Waals surface area contributed by atoms with E-state index in [1.54, 1.807) is 0 Å². The lowest BCUT2D eigenvalue weighted by molar-refractivity contribution is 0.394. The first kappa shape index (κ1) is 19.7. The first-order valence-corrected chi connectivity index (χ1v) is 9.83. The minimum Gasteiger partial charge on any atom is -0.240 e. The van der Waals surface area contributed by atoms with Gasteiger partial charge in [0.15, 0.2) is 6.17 Å². The summed E-state index contributed by atoms with van der Waals surface area (Å²) in [6.07, 6.45) is -0.166. The zero-order chi connectivity index (χ0) is 20.1. The zero-order valence-corrected chi connectivity index (χ0v) is 18.5. The fourth-order valence-electron chi connectivity index (χ4n) is 3.73. The van der Waals surface area contributed by atoms with Gasteiger partial charge >= 0.3 is 0 Å². The minimum atomic E-state index is -0.166. The van der Waals surface area contributed by atoms with Crippen LogP contribution in [-0.2, 0) is 5.41 Å². The van der Waals surface area contributed by atoms with Gasteiger partial charge in [-0.05, 0) is 57.7 Å². The van der Waals surface area contributed by atoms with Crippen molar-refractivity contribution in [3.8, 4) is 0 Å². The Labute approximate surface area is 168 Å². The van der Waals surface area contributed by atoms with Crippen molar-refractivity contribution in [2.24, 2.45) is 0 Å². The van der Waals surface area contributed by atoms with Gasteiger partial charge in [-0.3, -0.25) is 0 Å². The van der Waals surface area contributed by atoms with Crippen LogP contribution in [0.2, 0.25) is 0 Å². The van der Waals surface area contributed by atoms with Crippen LogP contribution in [0.25, 0.3) is 0 Å². The number of aryl methyl sites for hydroxylation is 5. The van der Waals surface area contributed by atoms with Crippen LogP contribution in [0.5, 0.6) is 0 Å². The van der Waals surface area contributed by atoms with Gasteiger partial charge < -0.3 is 0 Å². The molecule has 5 heteroatoms. The van der Waals surface area contributed by atoms with E-state index in [0.29, 0.717) is 0 Å². The molecule has 0 atom stereocenters. The number of nitrogens with zero attached hydrogens (tertiary/aromatic N) is 4. The van der Waals surface area contributed by atoms with Crippen LogP contribution in [0.4, 0.5) is 0 Å². The molecule has 3 aromatic rings. The first-order valence-electron chi connectivity index (χ1n) is 9.38. The Kier molecular flexibility index (Phi) is 5.02. The van der Waals surface area contributed by atoms with Gasteiger partial charge in [-0.15, -0.1) is 12.6 Å². The Morgan fingerprint density at radius 3 is 1.67 bits per heavy atom. The lowest BCUT2D eigenvalue weighted by Crippen LogP contribution is -2.26. The van der Waals surface area contributed by atoms with Gasteiger partial charge in [0.25, 0.3) is 0 Å². The van der Waals surface area contributed by atoms with Gasteiger partial charge in [0.2, 0.25) is 0 Å². The molecule has 0 amide bonds. The summed E-state index contributed by atoms with van der Waals surface area (Å²) < 4.78 is 4.13. The Bertz CT molecular complexity index is 942. The summed E-state index contributed by atoms with van der Waals surface area (Å²) in [5.74, 6) is 0. The second-order valence-electron chi connectivity index (χ2n) is 8.62. The second kappa shape index (κ2) is 6.86.